The molecule has 8 nitrogen and oxygen atoms in total. The van der Waals surface area contributed by atoms with Crippen LogP contribution < -0.4 is 10.5 Å². The summed E-state index contributed by atoms with van der Waals surface area (Å²) in [6.45, 7) is 4.49. The Labute approximate surface area is 189 Å². The van der Waals surface area contributed by atoms with Gasteiger partial charge >= 0.3 is 0 Å². The number of rotatable bonds is 4. The summed E-state index contributed by atoms with van der Waals surface area (Å²) in [6.07, 6.45) is 0. The van der Waals surface area contributed by atoms with Crippen molar-refractivity contribution in [1.82, 2.24) is 9.78 Å². The highest BCUT2D eigenvalue weighted by atomic mass is 16.6. The summed E-state index contributed by atoms with van der Waals surface area (Å²) in [5.74, 6) is 0. The van der Waals surface area contributed by atoms with Gasteiger partial charge in [0.15, 0.2) is 0 Å². The molecule has 8 heteroatoms. The smallest absolute Gasteiger partial charge is 0.295 e. The number of aryl methyl sites for hydroxylation is 1. The molecule has 4 aromatic rings. The van der Waals surface area contributed by atoms with Gasteiger partial charge in [0, 0.05) is 35.8 Å². The Hall–Kier alpha value is -4.04. The van der Waals surface area contributed by atoms with Gasteiger partial charge in [0.05, 0.1) is 29.2 Å². The first-order valence-corrected chi connectivity index (χ1v) is 10.7. The van der Waals surface area contributed by atoms with E-state index in [-0.39, 0.29) is 11.4 Å². The van der Waals surface area contributed by atoms with E-state index in [0.717, 1.165) is 16.8 Å². The van der Waals surface area contributed by atoms with Crippen LogP contribution >= 0.6 is 0 Å². The summed E-state index contributed by atoms with van der Waals surface area (Å²) in [4.78, 5) is 27.0. The molecule has 33 heavy (non-hydrogen) atoms. The third-order valence-corrected chi connectivity index (χ3v) is 5.86. The van der Waals surface area contributed by atoms with Crippen LogP contribution in [0.5, 0.6) is 0 Å². The standard InChI is InChI=1S/C25H22N4O4/c1-17-5-4-6-18(15-17)24-20-7-2-3-8-21(20)25(30)28(26-24)23-16-19(9-10-22(23)29(31)32)27-11-13-33-14-12-27/h2-10,15-16H,11-14H2,1H3. The third kappa shape index (κ3) is 3.85. The second kappa shape index (κ2) is 8.48. The van der Waals surface area contributed by atoms with E-state index in [2.05, 4.69) is 10.00 Å². The van der Waals surface area contributed by atoms with Crippen molar-refractivity contribution in [1.29, 1.82) is 0 Å². The van der Waals surface area contributed by atoms with E-state index in [1.54, 1.807) is 24.3 Å². The maximum atomic E-state index is 13.5. The van der Waals surface area contributed by atoms with Gasteiger partial charge in [0.25, 0.3) is 11.2 Å². The number of hydrogen-bond acceptors (Lipinski definition) is 6. The number of ether oxygens (including phenoxy) is 1. The first-order chi connectivity index (χ1) is 16.0. The molecular formula is C25H22N4O4. The molecular weight excluding hydrogens is 420 g/mol. The largest absolute Gasteiger partial charge is 0.378 e. The molecule has 2 heterocycles. The zero-order chi connectivity index (χ0) is 22.9. The van der Waals surface area contributed by atoms with Crippen molar-refractivity contribution in [2.75, 3.05) is 31.2 Å². The van der Waals surface area contributed by atoms with E-state index in [0.29, 0.717) is 42.8 Å². The van der Waals surface area contributed by atoms with E-state index >= 15 is 0 Å². The highest BCUT2D eigenvalue weighted by Crippen LogP contribution is 2.30. The molecule has 0 amide bonds. The number of nitrogens with zero attached hydrogens (tertiary/aromatic N) is 4. The number of fused-ring (bicyclic) bond motifs is 1. The summed E-state index contributed by atoms with van der Waals surface area (Å²) >= 11 is 0. The van der Waals surface area contributed by atoms with Gasteiger partial charge in [-0.05, 0) is 31.2 Å². The maximum absolute atomic E-state index is 13.5. The van der Waals surface area contributed by atoms with Crippen molar-refractivity contribution >= 4 is 22.1 Å². The van der Waals surface area contributed by atoms with Crippen LogP contribution in [0.15, 0.2) is 71.5 Å². The summed E-state index contributed by atoms with van der Waals surface area (Å²) in [5, 5.41) is 17.7. The van der Waals surface area contributed by atoms with Crippen molar-refractivity contribution < 1.29 is 9.66 Å². The van der Waals surface area contributed by atoms with Crippen molar-refractivity contribution in [3.63, 3.8) is 0 Å². The molecule has 0 N–H and O–H groups in total. The number of hydrogen-bond donors (Lipinski definition) is 0. The summed E-state index contributed by atoms with van der Waals surface area (Å²) in [5.41, 5.74) is 2.85. The molecule has 166 valence electrons. The van der Waals surface area contributed by atoms with Crippen LogP contribution in [0, 0.1) is 17.0 Å². The highest BCUT2D eigenvalue weighted by Gasteiger charge is 2.23. The SMILES string of the molecule is Cc1cccc(-c2nn(-c3cc(N4CCOCC4)ccc3[N+](=O)[O-])c(=O)c3ccccc23)c1. The summed E-state index contributed by atoms with van der Waals surface area (Å²) < 4.78 is 6.59. The molecule has 0 saturated carbocycles. The monoisotopic (exact) mass is 442 g/mol. The lowest BCUT2D eigenvalue weighted by Gasteiger charge is -2.29. The minimum absolute atomic E-state index is 0.147. The van der Waals surface area contributed by atoms with Gasteiger partial charge in [0.2, 0.25) is 0 Å². The normalized spacial score (nSPS) is 13.9. The molecule has 0 spiro atoms. The Balaban J connectivity index is 1.79. The van der Waals surface area contributed by atoms with E-state index in [1.165, 1.54) is 10.7 Å². The zero-order valence-electron chi connectivity index (χ0n) is 18.1. The number of nitro groups is 1. The topological polar surface area (TPSA) is 90.5 Å². The predicted octanol–water partition coefficient (Wildman–Crippen LogP) is 4.11. The number of morpholine rings is 1. The molecule has 0 bridgehead atoms. The van der Waals surface area contributed by atoms with Gasteiger partial charge in [-0.25, -0.2) is 0 Å². The van der Waals surface area contributed by atoms with Crippen molar-refractivity contribution in [3.05, 3.63) is 92.8 Å². The van der Waals surface area contributed by atoms with Crippen LogP contribution in [0.2, 0.25) is 0 Å². The van der Waals surface area contributed by atoms with Crippen LogP contribution in [-0.2, 0) is 4.74 Å². The Morgan fingerprint density at radius 3 is 2.45 bits per heavy atom. The van der Waals surface area contributed by atoms with Crippen molar-refractivity contribution in [2.24, 2.45) is 0 Å². The average molecular weight is 442 g/mol. The quantitative estimate of drug-likeness (QED) is 0.349. The highest BCUT2D eigenvalue weighted by molar-refractivity contribution is 5.94. The van der Waals surface area contributed by atoms with Crippen LogP contribution in [0.25, 0.3) is 27.7 Å². The molecule has 0 atom stereocenters. The minimum Gasteiger partial charge on any atom is -0.378 e. The second-order valence-electron chi connectivity index (χ2n) is 8.01. The molecule has 1 saturated heterocycles. The fourth-order valence-electron chi connectivity index (χ4n) is 4.21. The number of nitro benzene ring substituents is 1. The lowest BCUT2D eigenvalue weighted by atomic mass is 10.0. The number of benzene rings is 3. The Morgan fingerprint density at radius 1 is 0.970 bits per heavy atom. The zero-order valence-corrected chi connectivity index (χ0v) is 18.1. The molecule has 1 aliphatic heterocycles. The lowest BCUT2D eigenvalue weighted by Crippen LogP contribution is -2.36. The van der Waals surface area contributed by atoms with Gasteiger partial charge in [-0.15, -0.1) is 0 Å². The van der Waals surface area contributed by atoms with Crippen molar-refractivity contribution in [3.8, 4) is 16.9 Å². The molecule has 0 aliphatic carbocycles. The van der Waals surface area contributed by atoms with Gasteiger partial charge in [-0.1, -0.05) is 42.0 Å². The molecule has 0 radical (unpaired) electrons. The summed E-state index contributed by atoms with van der Waals surface area (Å²) in [6, 6.07) is 19.9. The third-order valence-electron chi connectivity index (χ3n) is 5.86. The molecule has 5 rings (SSSR count). The minimum atomic E-state index is -0.478. The Morgan fingerprint density at radius 2 is 1.73 bits per heavy atom. The average Bonchev–Trinajstić information content (AvgIpc) is 2.84. The van der Waals surface area contributed by atoms with Gasteiger partial charge < -0.3 is 9.64 Å². The molecule has 3 aromatic carbocycles. The maximum Gasteiger partial charge on any atom is 0.295 e. The van der Waals surface area contributed by atoms with E-state index in [4.69, 9.17) is 4.74 Å². The number of anilines is 1. The van der Waals surface area contributed by atoms with Crippen LogP contribution in [0.4, 0.5) is 11.4 Å². The van der Waals surface area contributed by atoms with E-state index < -0.39 is 10.5 Å². The predicted molar refractivity (Wildman–Crippen MR) is 127 cm³/mol. The van der Waals surface area contributed by atoms with E-state index in [1.807, 2.05) is 43.3 Å². The molecule has 0 unspecified atom stereocenters. The number of aromatic nitrogens is 2. The first kappa shape index (κ1) is 20.8. The molecule has 1 aromatic heterocycles. The Kier molecular flexibility index (Phi) is 5.35. The van der Waals surface area contributed by atoms with Crippen LogP contribution in [0.3, 0.4) is 0 Å². The second-order valence-corrected chi connectivity index (χ2v) is 8.01. The van der Waals surface area contributed by atoms with Gasteiger partial charge in [-0.3, -0.25) is 14.9 Å². The van der Waals surface area contributed by atoms with Crippen LogP contribution in [0.1, 0.15) is 5.56 Å². The summed E-state index contributed by atoms with van der Waals surface area (Å²) in [7, 11) is 0. The Bertz CT molecular complexity index is 1420. The lowest BCUT2D eigenvalue weighted by molar-refractivity contribution is -0.384. The van der Waals surface area contributed by atoms with E-state index in [9.17, 15) is 14.9 Å². The molecule has 1 aliphatic rings. The fraction of sp³-hybridized carbons (Fsp3) is 0.200. The first-order valence-electron chi connectivity index (χ1n) is 10.7. The van der Waals surface area contributed by atoms with Crippen molar-refractivity contribution in [2.45, 2.75) is 6.92 Å². The van der Waals surface area contributed by atoms with Crippen LogP contribution in [-0.4, -0.2) is 41.0 Å². The van der Waals surface area contributed by atoms with Gasteiger partial charge in [-0.2, -0.15) is 9.78 Å². The fourth-order valence-corrected chi connectivity index (χ4v) is 4.21. The molecule has 1 fully saturated rings. The van der Waals surface area contributed by atoms with Gasteiger partial charge in [0.1, 0.15) is 5.69 Å².